The molecular weight excluding hydrogens is 206 g/mol. The summed E-state index contributed by atoms with van der Waals surface area (Å²) in [6, 6.07) is 9.04. The minimum absolute atomic E-state index is 0.00211. The maximum absolute atomic E-state index is 8.55. The summed E-state index contributed by atoms with van der Waals surface area (Å²) in [7, 11) is 1.61. The van der Waals surface area contributed by atoms with E-state index >= 15 is 0 Å². The van der Waals surface area contributed by atoms with E-state index in [9.17, 15) is 0 Å². The quantitative estimate of drug-likeness (QED) is 0.344. The zero-order valence-corrected chi connectivity index (χ0v) is 8.71. The Labute approximate surface area is 92.2 Å². The van der Waals surface area contributed by atoms with E-state index in [4.69, 9.17) is 15.7 Å². The maximum Gasteiger partial charge on any atom is 0.188 e. The van der Waals surface area contributed by atoms with Crippen LogP contribution in [-0.4, -0.2) is 23.1 Å². The van der Waals surface area contributed by atoms with Crippen LogP contribution in [0.4, 0.5) is 0 Å². The zero-order chi connectivity index (χ0) is 11.5. The average Bonchev–Trinajstić information content (AvgIpc) is 2.36. The van der Waals surface area contributed by atoms with Crippen LogP contribution in [-0.2, 0) is 0 Å². The van der Waals surface area contributed by atoms with E-state index in [2.05, 4.69) is 10.1 Å². The summed E-state index contributed by atoms with van der Waals surface area (Å²) in [4.78, 5) is 4.25. The van der Waals surface area contributed by atoms with Crippen molar-refractivity contribution in [3.05, 3.63) is 36.0 Å². The first kappa shape index (κ1) is 10.2. The summed E-state index contributed by atoms with van der Waals surface area (Å²) in [5.41, 5.74) is 6.67. The lowest BCUT2D eigenvalue weighted by atomic mass is 10.2. The summed E-state index contributed by atoms with van der Waals surface area (Å²) >= 11 is 0. The van der Waals surface area contributed by atoms with Gasteiger partial charge in [-0.15, -0.1) is 0 Å². The van der Waals surface area contributed by atoms with Gasteiger partial charge in [0.05, 0.1) is 12.6 Å². The summed E-state index contributed by atoms with van der Waals surface area (Å²) in [6.45, 7) is 0. The SMILES string of the molecule is COc1ccc2nc(/C(N)=N/O)ccc2c1. The van der Waals surface area contributed by atoms with E-state index in [-0.39, 0.29) is 5.84 Å². The van der Waals surface area contributed by atoms with Crippen molar-refractivity contribution in [2.75, 3.05) is 7.11 Å². The molecule has 0 fully saturated rings. The molecule has 0 amide bonds. The second-order valence-electron chi connectivity index (χ2n) is 3.24. The number of nitrogens with two attached hydrogens (primary N) is 1. The monoisotopic (exact) mass is 217 g/mol. The van der Waals surface area contributed by atoms with Gasteiger partial charge in [0.1, 0.15) is 11.4 Å². The van der Waals surface area contributed by atoms with Gasteiger partial charge in [-0.25, -0.2) is 4.98 Å². The van der Waals surface area contributed by atoms with Gasteiger partial charge in [-0.1, -0.05) is 11.2 Å². The Bertz CT molecular complexity index is 552. The van der Waals surface area contributed by atoms with E-state index in [1.54, 1.807) is 13.2 Å². The van der Waals surface area contributed by atoms with Gasteiger partial charge in [-0.05, 0) is 24.3 Å². The second kappa shape index (κ2) is 4.06. The molecule has 5 heteroatoms. The molecular formula is C11H11N3O2. The summed E-state index contributed by atoms with van der Waals surface area (Å²) in [5.74, 6) is 0.767. The molecule has 1 aromatic carbocycles. The Morgan fingerprint density at radius 3 is 2.88 bits per heavy atom. The number of fused-ring (bicyclic) bond motifs is 1. The molecule has 1 heterocycles. The van der Waals surface area contributed by atoms with Crippen LogP contribution >= 0.6 is 0 Å². The lowest BCUT2D eigenvalue weighted by Crippen LogP contribution is -2.14. The fraction of sp³-hybridized carbons (Fsp3) is 0.0909. The predicted octanol–water partition coefficient (Wildman–Crippen LogP) is 1.34. The third-order valence-electron chi connectivity index (χ3n) is 2.27. The number of nitrogens with zero attached hydrogens (tertiary/aromatic N) is 2. The molecule has 0 aliphatic carbocycles. The van der Waals surface area contributed by atoms with Gasteiger partial charge < -0.3 is 15.7 Å². The Morgan fingerprint density at radius 1 is 1.38 bits per heavy atom. The maximum atomic E-state index is 8.55. The van der Waals surface area contributed by atoms with Gasteiger partial charge >= 0.3 is 0 Å². The molecule has 2 rings (SSSR count). The molecule has 0 saturated heterocycles. The number of hydrogen-bond acceptors (Lipinski definition) is 4. The van der Waals surface area contributed by atoms with Gasteiger partial charge in [-0.3, -0.25) is 0 Å². The van der Waals surface area contributed by atoms with Gasteiger partial charge in [0.25, 0.3) is 0 Å². The van der Waals surface area contributed by atoms with Crippen LogP contribution in [0.3, 0.4) is 0 Å². The predicted molar refractivity (Wildman–Crippen MR) is 60.8 cm³/mol. The third kappa shape index (κ3) is 1.75. The molecule has 16 heavy (non-hydrogen) atoms. The summed E-state index contributed by atoms with van der Waals surface area (Å²) < 4.78 is 5.10. The van der Waals surface area contributed by atoms with E-state index < -0.39 is 0 Å². The number of methoxy groups -OCH3 is 1. The Hall–Kier alpha value is -2.30. The smallest absolute Gasteiger partial charge is 0.188 e. The van der Waals surface area contributed by atoms with Gasteiger partial charge in [0.15, 0.2) is 5.84 Å². The van der Waals surface area contributed by atoms with Crippen molar-refractivity contribution >= 4 is 16.7 Å². The molecule has 1 aromatic heterocycles. The molecule has 3 N–H and O–H groups in total. The molecule has 82 valence electrons. The molecule has 0 spiro atoms. The molecule has 0 aliphatic rings. The number of ether oxygens (including phenoxy) is 1. The molecule has 0 saturated carbocycles. The lowest BCUT2D eigenvalue weighted by Gasteiger charge is -2.03. The highest BCUT2D eigenvalue weighted by atomic mass is 16.5. The number of aromatic nitrogens is 1. The van der Waals surface area contributed by atoms with Crippen molar-refractivity contribution in [1.29, 1.82) is 0 Å². The third-order valence-corrected chi connectivity index (χ3v) is 2.27. The standard InChI is InChI=1S/C11H11N3O2/c1-16-8-3-5-9-7(6-8)2-4-10(13-9)11(12)14-15/h2-6,15H,1H3,(H2,12,14). The number of oxime groups is 1. The van der Waals surface area contributed by atoms with E-state index in [1.807, 2.05) is 24.3 Å². The summed E-state index contributed by atoms with van der Waals surface area (Å²) in [5, 5.41) is 12.4. The van der Waals surface area contributed by atoms with Gasteiger partial charge in [0.2, 0.25) is 0 Å². The van der Waals surface area contributed by atoms with Crippen molar-refractivity contribution in [3.8, 4) is 5.75 Å². The minimum atomic E-state index is -0.00211. The van der Waals surface area contributed by atoms with Crippen LogP contribution in [0.2, 0.25) is 0 Å². The van der Waals surface area contributed by atoms with Gasteiger partial charge in [0, 0.05) is 5.39 Å². The van der Waals surface area contributed by atoms with Crippen LogP contribution in [0, 0.1) is 0 Å². The Balaban J connectivity index is 2.56. The molecule has 0 atom stereocenters. The van der Waals surface area contributed by atoms with Crippen LogP contribution in [0.1, 0.15) is 5.69 Å². The van der Waals surface area contributed by atoms with Crippen LogP contribution in [0.25, 0.3) is 10.9 Å². The minimum Gasteiger partial charge on any atom is -0.497 e. The summed E-state index contributed by atoms with van der Waals surface area (Å²) in [6.07, 6.45) is 0. The number of amidine groups is 1. The van der Waals surface area contributed by atoms with Crippen molar-refractivity contribution in [2.24, 2.45) is 10.9 Å². The van der Waals surface area contributed by atoms with Crippen molar-refractivity contribution in [1.82, 2.24) is 4.98 Å². The fourth-order valence-electron chi connectivity index (χ4n) is 1.42. The highest BCUT2D eigenvalue weighted by Crippen LogP contribution is 2.19. The van der Waals surface area contributed by atoms with E-state index in [0.717, 1.165) is 16.7 Å². The molecule has 0 radical (unpaired) electrons. The fourth-order valence-corrected chi connectivity index (χ4v) is 1.42. The number of pyridine rings is 1. The van der Waals surface area contributed by atoms with Crippen LogP contribution < -0.4 is 10.5 Å². The zero-order valence-electron chi connectivity index (χ0n) is 8.71. The number of hydrogen-bond donors (Lipinski definition) is 2. The molecule has 0 unspecified atom stereocenters. The molecule has 0 aliphatic heterocycles. The molecule has 5 nitrogen and oxygen atoms in total. The van der Waals surface area contributed by atoms with Crippen LogP contribution in [0.5, 0.6) is 5.75 Å². The van der Waals surface area contributed by atoms with E-state index in [0.29, 0.717) is 5.69 Å². The number of benzene rings is 1. The Morgan fingerprint density at radius 2 is 2.19 bits per heavy atom. The molecule has 2 aromatic rings. The number of rotatable bonds is 2. The first-order valence-corrected chi connectivity index (χ1v) is 4.67. The topological polar surface area (TPSA) is 80.7 Å². The molecule has 0 bridgehead atoms. The first-order valence-electron chi connectivity index (χ1n) is 4.67. The van der Waals surface area contributed by atoms with Crippen molar-refractivity contribution in [2.45, 2.75) is 0 Å². The largest absolute Gasteiger partial charge is 0.497 e. The van der Waals surface area contributed by atoms with Gasteiger partial charge in [-0.2, -0.15) is 0 Å². The normalized spacial score (nSPS) is 11.7. The van der Waals surface area contributed by atoms with E-state index in [1.165, 1.54) is 0 Å². The second-order valence-corrected chi connectivity index (χ2v) is 3.24. The van der Waals surface area contributed by atoms with Crippen molar-refractivity contribution < 1.29 is 9.94 Å². The lowest BCUT2D eigenvalue weighted by molar-refractivity contribution is 0.318. The van der Waals surface area contributed by atoms with Crippen LogP contribution in [0.15, 0.2) is 35.5 Å². The highest BCUT2D eigenvalue weighted by Gasteiger charge is 2.03. The Kier molecular flexibility index (Phi) is 2.59. The average molecular weight is 217 g/mol. The van der Waals surface area contributed by atoms with Crippen molar-refractivity contribution in [3.63, 3.8) is 0 Å². The first-order chi connectivity index (χ1) is 7.74. The highest BCUT2D eigenvalue weighted by molar-refractivity contribution is 5.97.